The molecule has 0 spiro atoms. The molecule has 0 radical (unpaired) electrons. The summed E-state index contributed by atoms with van der Waals surface area (Å²) >= 11 is -1.27. The molecule has 102 valence electrons. The molecule has 0 aliphatic rings. The second-order valence-electron chi connectivity index (χ2n) is 4.61. The van der Waals surface area contributed by atoms with Crippen molar-refractivity contribution in [2.24, 2.45) is 0 Å². The van der Waals surface area contributed by atoms with Gasteiger partial charge in [-0.3, -0.25) is 0 Å². The van der Waals surface area contributed by atoms with Crippen LogP contribution in [0.5, 0.6) is 0 Å². The standard InChI is InChI=1S/C20H16Se/c1-4-10-18(11-5-1)16-17-21(19-12-6-2-7-13-19)20-14-8-3-9-15-20/h1-16H. The molecule has 1 heteroatoms. The van der Waals surface area contributed by atoms with E-state index in [1.165, 1.54) is 14.5 Å². The third-order valence-corrected chi connectivity index (χ3v) is 6.96. The fourth-order valence-electron chi connectivity index (χ4n) is 2.06. The van der Waals surface area contributed by atoms with Gasteiger partial charge in [0, 0.05) is 0 Å². The average molecular weight is 335 g/mol. The van der Waals surface area contributed by atoms with Crippen molar-refractivity contribution in [3.8, 4) is 0 Å². The van der Waals surface area contributed by atoms with Crippen LogP contribution in [0.3, 0.4) is 0 Å². The Balaban J connectivity index is 2.11. The van der Waals surface area contributed by atoms with Crippen LogP contribution in [0.4, 0.5) is 0 Å². The maximum absolute atomic E-state index is 3.67. The van der Waals surface area contributed by atoms with E-state index in [1.54, 1.807) is 0 Å². The molecule has 0 fully saturated rings. The molecular weight excluding hydrogens is 319 g/mol. The van der Waals surface area contributed by atoms with E-state index >= 15 is 0 Å². The fraction of sp³-hybridized carbons (Fsp3) is 0. The van der Waals surface area contributed by atoms with E-state index in [9.17, 15) is 0 Å². The normalized spacial score (nSPS) is 10.1. The molecule has 0 nitrogen and oxygen atoms in total. The molecule has 0 saturated carbocycles. The fourth-order valence-corrected chi connectivity index (χ4v) is 5.54. The molecule has 3 aromatic carbocycles. The van der Waals surface area contributed by atoms with Crippen LogP contribution in [-0.2, 0) is 0 Å². The van der Waals surface area contributed by atoms with Crippen LogP contribution in [0, 0.1) is 0 Å². The van der Waals surface area contributed by atoms with Crippen LogP contribution in [0.15, 0.2) is 91.0 Å². The van der Waals surface area contributed by atoms with Gasteiger partial charge in [-0.1, -0.05) is 0 Å². The predicted octanol–water partition coefficient (Wildman–Crippen LogP) is 2.99. The first-order chi connectivity index (χ1) is 10.4. The Morgan fingerprint density at radius 3 is 1.48 bits per heavy atom. The summed E-state index contributed by atoms with van der Waals surface area (Å²) in [6.45, 7) is 0. The molecular formula is C20H16Se. The predicted molar refractivity (Wildman–Crippen MR) is 93.8 cm³/mol. The Labute approximate surface area is 129 Å². The molecule has 0 N–H and O–H groups in total. The molecule has 0 atom stereocenters. The van der Waals surface area contributed by atoms with E-state index in [-0.39, 0.29) is 0 Å². The van der Waals surface area contributed by atoms with E-state index in [0.29, 0.717) is 0 Å². The van der Waals surface area contributed by atoms with Gasteiger partial charge in [-0.2, -0.15) is 0 Å². The van der Waals surface area contributed by atoms with E-state index in [4.69, 9.17) is 0 Å². The number of hydrogen-bond donors (Lipinski definition) is 0. The minimum absolute atomic E-state index is 1.21. The first-order valence-corrected chi connectivity index (χ1v) is 9.49. The Morgan fingerprint density at radius 2 is 1.00 bits per heavy atom. The number of hydrogen-bond acceptors (Lipinski definition) is 0. The monoisotopic (exact) mass is 336 g/mol. The van der Waals surface area contributed by atoms with E-state index in [0.717, 1.165) is 0 Å². The zero-order chi connectivity index (χ0) is 14.3. The molecule has 0 heterocycles. The molecule has 3 rings (SSSR count). The summed E-state index contributed by atoms with van der Waals surface area (Å²) in [6, 6.07) is 31.8. The molecule has 0 aromatic heterocycles. The van der Waals surface area contributed by atoms with Crippen LogP contribution in [0.1, 0.15) is 5.56 Å². The second-order valence-corrected chi connectivity index (χ2v) is 8.36. The van der Waals surface area contributed by atoms with Crippen LogP contribution in [0.2, 0.25) is 0 Å². The molecule has 0 unspecified atom stereocenters. The molecule has 0 amide bonds. The number of benzene rings is 3. The summed E-state index contributed by atoms with van der Waals surface area (Å²) in [5, 5.41) is 0. The van der Waals surface area contributed by atoms with Gasteiger partial charge >= 0.3 is 130 Å². The SMILES string of the molecule is C(=Cc1ccccc1)=[Se](c1ccccc1)c1ccccc1. The van der Waals surface area contributed by atoms with Crippen molar-refractivity contribution in [3.63, 3.8) is 0 Å². The van der Waals surface area contributed by atoms with Gasteiger partial charge in [-0.15, -0.1) is 0 Å². The minimum atomic E-state index is -1.27. The zero-order valence-electron chi connectivity index (χ0n) is 11.6. The van der Waals surface area contributed by atoms with Crippen molar-refractivity contribution in [1.29, 1.82) is 0 Å². The van der Waals surface area contributed by atoms with Gasteiger partial charge < -0.3 is 0 Å². The summed E-state index contributed by atoms with van der Waals surface area (Å²) < 4.78 is 6.44. The zero-order valence-corrected chi connectivity index (χ0v) is 13.4. The topological polar surface area (TPSA) is 0 Å². The van der Waals surface area contributed by atoms with Crippen LogP contribution < -0.4 is 8.92 Å². The molecule has 21 heavy (non-hydrogen) atoms. The molecule has 0 bridgehead atoms. The van der Waals surface area contributed by atoms with Crippen molar-refractivity contribution >= 4 is 33.0 Å². The molecule has 0 aliphatic carbocycles. The van der Waals surface area contributed by atoms with Gasteiger partial charge in [-0.25, -0.2) is 0 Å². The third kappa shape index (κ3) is 3.68. The third-order valence-electron chi connectivity index (χ3n) is 3.10. The summed E-state index contributed by atoms with van der Waals surface area (Å²) in [5.74, 6) is 0. The Hall–Kier alpha value is -2.17. The molecule has 3 aromatic rings. The average Bonchev–Trinajstić information content (AvgIpc) is 2.58. The first kappa shape index (κ1) is 13.8. The quantitative estimate of drug-likeness (QED) is 0.646. The van der Waals surface area contributed by atoms with Gasteiger partial charge in [0.1, 0.15) is 0 Å². The van der Waals surface area contributed by atoms with Crippen molar-refractivity contribution in [2.75, 3.05) is 0 Å². The van der Waals surface area contributed by atoms with Crippen LogP contribution >= 0.6 is 0 Å². The second kappa shape index (κ2) is 7.02. The van der Waals surface area contributed by atoms with Gasteiger partial charge in [0.05, 0.1) is 0 Å². The van der Waals surface area contributed by atoms with Gasteiger partial charge in [0.15, 0.2) is 0 Å². The Kier molecular flexibility index (Phi) is 4.61. The van der Waals surface area contributed by atoms with Crippen molar-refractivity contribution < 1.29 is 0 Å². The molecule has 0 saturated heterocycles. The van der Waals surface area contributed by atoms with E-state index in [2.05, 4.69) is 95.6 Å². The Bertz CT molecular complexity index is 711. The van der Waals surface area contributed by atoms with Crippen molar-refractivity contribution in [1.82, 2.24) is 0 Å². The van der Waals surface area contributed by atoms with Gasteiger partial charge in [-0.05, 0) is 0 Å². The van der Waals surface area contributed by atoms with Crippen molar-refractivity contribution in [2.45, 2.75) is 0 Å². The van der Waals surface area contributed by atoms with Gasteiger partial charge in [0.2, 0.25) is 0 Å². The van der Waals surface area contributed by atoms with E-state index < -0.39 is 13.5 Å². The van der Waals surface area contributed by atoms with Crippen LogP contribution in [0.25, 0.3) is 6.08 Å². The summed E-state index contributed by atoms with van der Waals surface area (Å²) in [6.07, 6.45) is 2.13. The summed E-state index contributed by atoms with van der Waals surface area (Å²) in [4.78, 5) is 0. The first-order valence-electron chi connectivity index (χ1n) is 6.92. The summed E-state index contributed by atoms with van der Waals surface area (Å²) in [5.41, 5.74) is 1.21. The van der Waals surface area contributed by atoms with Crippen LogP contribution in [-0.4, -0.2) is 18.0 Å². The number of rotatable bonds is 3. The Morgan fingerprint density at radius 1 is 0.571 bits per heavy atom. The maximum atomic E-state index is 3.67. The van der Waals surface area contributed by atoms with Crippen molar-refractivity contribution in [3.05, 3.63) is 96.6 Å². The van der Waals surface area contributed by atoms with E-state index in [1.807, 2.05) is 6.07 Å². The summed E-state index contributed by atoms with van der Waals surface area (Å²) in [7, 11) is 0. The van der Waals surface area contributed by atoms with Gasteiger partial charge in [0.25, 0.3) is 0 Å². The molecule has 0 aliphatic heterocycles.